The van der Waals surface area contributed by atoms with E-state index in [1.54, 1.807) is 21.2 Å². The number of hydrogen-bond acceptors (Lipinski definition) is 6. The van der Waals surface area contributed by atoms with E-state index in [0.717, 1.165) is 56.4 Å². The van der Waals surface area contributed by atoms with Crippen LogP contribution in [0, 0.1) is 6.92 Å². The first-order valence-electron chi connectivity index (χ1n) is 11.0. The fraction of sp³-hybridized carbons (Fsp3) is 0.148. The summed E-state index contributed by atoms with van der Waals surface area (Å²) < 4.78 is 11.4. The van der Waals surface area contributed by atoms with E-state index in [0.29, 0.717) is 5.95 Å². The van der Waals surface area contributed by atoms with Gasteiger partial charge < -0.3 is 19.0 Å². The number of aromatic amines is 1. The fourth-order valence-electron chi connectivity index (χ4n) is 3.38. The van der Waals surface area contributed by atoms with Crippen LogP contribution in [0.1, 0.15) is 5.56 Å². The zero-order valence-corrected chi connectivity index (χ0v) is 20.1. The third kappa shape index (κ3) is 5.67. The lowest BCUT2D eigenvalue weighted by Gasteiger charge is -2.07. The maximum atomic E-state index is 9.43. The number of nitrogens with one attached hydrogen (secondary N) is 2. The molecule has 178 valence electrons. The molecule has 1 amide bonds. The second-order valence-corrected chi connectivity index (χ2v) is 8.12. The molecule has 8 heteroatoms. The Hall–Kier alpha value is -4.59. The number of amides is 1. The Morgan fingerprint density at radius 1 is 1.06 bits per heavy atom. The highest BCUT2D eigenvalue weighted by Crippen LogP contribution is 2.25. The Balaban J connectivity index is 0.000000527. The summed E-state index contributed by atoms with van der Waals surface area (Å²) in [6, 6.07) is 23.6. The number of benzene rings is 3. The lowest BCUT2D eigenvalue weighted by molar-refractivity contribution is -0.115. The number of rotatable bonds is 5. The Kier molecular flexibility index (Phi) is 7.11. The van der Waals surface area contributed by atoms with Crippen molar-refractivity contribution < 1.29 is 13.9 Å². The molecule has 0 bridgehead atoms. The van der Waals surface area contributed by atoms with Gasteiger partial charge in [0, 0.05) is 31.1 Å². The Labute approximate surface area is 202 Å². The van der Waals surface area contributed by atoms with Gasteiger partial charge in [0.2, 0.25) is 12.4 Å². The van der Waals surface area contributed by atoms with Gasteiger partial charge >= 0.3 is 0 Å². The molecule has 0 aliphatic rings. The number of anilines is 1. The van der Waals surface area contributed by atoms with Crippen LogP contribution in [0.4, 0.5) is 5.95 Å². The highest BCUT2D eigenvalue weighted by molar-refractivity contribution is 5.79. The van der Waals surface area contributed by atoms with Crippen LogP contribution in [0.2, 0.25) is 0 Å². The second kappa shape index (κ2) is 10.6. The van der Waals surface area contributed by atoms with Gasteiger partial charge in [-0.1, -0.05) is 18.2 Å². The SMILES string of the molecule is CN(C)C=O.COc1ccc(-c2c/c(=N\Nc3nc4ccccc4[nH]3)c3ccc(C)cc3o2)cc1. The number of para-hydroxylation sites is 2. The number of fused-ring (bicyclic) bond motifs is 2. The Morgan fingerprint density at radius 3 is 2.49 bits per heavy atom. The first-order chi connectivity index (χ1) is 17.0. The highest BCUT2D eigenvalue weighted by atomic mass is 16.5. The third-order valence-electron chi connectivity index (χ3n) is 5.16. The summed E-state index contributed by atoms with van der Waals surface area (Å²) in [6.07, 6.45) is 0.750. The molecule has 0 unspecified atom stereocenters. The molecule has 2 heterocycles. The minimum atomic E-state index is 0.586. The average molecular weight is 470 g/mol. The predicted molar refractivity (Wildman–Crippen MR) is 138 cm³/mol. The number of imidazole rings is 1. The number of nitrogens with zero attached hydrogens (tertiary/aromatic N) is 3. The molecule has 0 spiro atoms. The van der Waals surface area contributed by atoms with E-state index in [-0.39, 0.29) is 0 Å². The van der Waals surface area contributed by atoms with Gasteiger partial charge in [0.25, 0.3) is 0 Å². The van der Waals surface area contributed by atoms with Gasteiger partial charge in [0.05, 0.1) is 23.5 Å². The maximum absolute atomic E-state index is 9.43. The minimum Gasteiger partial charge on any atom is -0.497 e. The molecular formula is C27H27N5O3. The molecule has 35 heavy (non-hydrogen) atoms. The molecule has 0 fully saturated rings. The van der Waals surface area contributed by atoms with Gasteiger partial charge in [-0.15, -0.1) is 0 Å². The van der Waals surface area contributed by atoms with Gasteiger partial charge in [0.1, 0.15) is 17.1 Å². The van der Waals surface area contributed by atoms with E-state index in [1.165, 1.54) is 4.90 Å². The quantitative estimate of drug-likeness (QED) is 0.281. The largest absolute Gasteiger partial charge is 0.497 e. The van der Waals surface area contributed by atoms with Crippen molar-refractivity contribution in [1.29, 1.82) is 0 Å². The molecule has 5 rings (SSSR count). The number of carbonyl (C=O) groups is 1. The first kappa shape index (κ1) is 23.6. The third-order valence-corrected chi connectivity index (χ3v) is 5.16. The molecule has 2 aromatic heterocycles. The van der Waals surface area contributed by atoms with Crippen molar-refractivity contribution in [2.45, 2.75) is 6.92 Å². The second-order valence-electron chi connectivity index (χ2n) is 8.12. The van der Waals surface area contributed by atoms with E-state index in [9.17, 15) is 4.79 Å². The summed E-state index contributed by atoms with van der Waals surface area (Å²) in [6.45, 7) is 2.04. The molecule has 0 aliphatic heterocycles. The monoisotopic (exact) mass is 469 g/mol. The van der Waals surface area contributed by atoms with Gasteiger partial charge in [0.15, 0.2) is 0 Å². The lowest BCUT2D eigenvalue weighted by atomic mass is 10.1. The van der Waals surface area contributed by atoms with Crippen molar-refractivity contribution in [3.8, 4) is 17.1 Å². The van der Waals surface area contributed by atoms with Crippen LogP contribution in [-0.2, 0) is 4.79 Å². The summed E-state index contributed by atoms with van der Waals surface area (Å²) in [4.78, 5) is 18.6. The van der Waals surface area contributed by atoms with Crippen molar-refractivity contribution in [1.82, 2.24) is 14.9 Å². The summed E-state index contributed by atoms with van der Waals surface area (Å²) in [5.74, 6) is 2.11. The van der Waals surface area contributed by atoms with Crippen LogP contribution < -0.4 is 15.5 Å². The molecule has 0 saturated heterocycles. The first-order valence-corrected chi connectivity index (χ1v) is 11.0. The fourth-order valence-corrected chi connectivity index (χ4v) is 3.38. The topological polar surface area (TPSA) is 95.8 Å². The zero-order chi connectivity index (χ0) is 24.8. The lowest BCUT2D eigenvalue weighted by Crippen LogP contribution is -2.08. The molecule has 5 aromatic rings. The minimum absolute atomic E-state index is 0.586. The van der Waals surface area contributed by atoms with E-state index in [2.05, 4.69) is 20.5 Å². The molecule has 0 aliphatic carbocycles. The van der Waals surface area contributed by atoms with E-state index >= 15 is 0 Å². The molecule has 0 atom stereocenters. The average Bonchev–Trinajstić information content (AvgIpc) is 3.30. The number of aryl methyl sites for hydroxylation is 1. The van der Waals surface area contributed by atoms with Crippen molar-refractivity contribution in [3.05, 3.63) is 83.7 Å². The summed E-state index contributed by atoms with van der Waals surface area (Å²) in [5.41, 5.74) is 7.73. The molecular weight excluding hydrogens is 442 g/mol. The van der Waals surface area contributed by atoms with Gasteiger partial charge in [-0.05, 0) is 61.0 Å². The van der Waals surface area contributed by atoms with Gasteiger partial charge in [-0.25, -0.2) is 10.4 Å². The zero-order valence-electron chi connectivity index (χ0n) is 20.1. The van der Waals surface area contributed by atoms with Crippen LogP contribution in [-0.4, -0.2) is 42.5 Å². The van der Waals surface area contributed by atoms with Crippen LogP contribution >= 0.6 is 0 Å². The van der Waals surface area contributed by atoms with Gasteiger partial charge in [-0.3, -0.25) is 4.79 Å². The highest BCUT2D eigenvalue weighted by Gasteiger charge is 2.08. The number of aromatic nitrogens is 2. The van der Waals surface area contributed by atoms with Crippen LogP contribution in [0.3, 0.4) is 0 Å². The summed E-state index contributed by atoms with van der Waals surface area (Å²) >= 11 is 0. The molecule has 8 nitrogen and oxygen atoms in total. The van der Waals surface area contributed by atoms with E-state index in [4.69, 9.17) is 9.15 Å². The van der Waals surface area contributed by atoms with Crippen molar-refractivity contribution in [2.24, 2.45) is 5.10 Å². The normalized spacial score (nSPS) is 11.1. The van der Waals surface area contributed by atoms with Crippen LogP contribution in [0.15, 0.2) is 82.3 Å². The number of hydrogen-bond donors (Lipinski definition) is 2. The van der Waals surface area contributed by atoms with E-state index < -0.39 is 0 Å². The van der Waals surface area contributed by atoms with Gasteiger partial charge in [-0.2, -0.15) is 5.10 Å². The smallest absolute Gasteiger partial charge is 0.222 e. The van der Waals surface area contributed by atoms with Crippen molar-refractivity contribution in [3.63, 3.8) is 0 Å². The summed E-state index contributed by atoms with van der Waals surface area (Å²) in [5, 5.41) is 6.31. The van der Waals surface area contributed by atoms with Crippen LogP contribution in [0.5, 0.6) is 5.75 Å². The Morgan fingerprint density at radius 2 is 1.80 bits per heavy atom. The predicted octanol–water partition coefficient (Wildman–Crippen LogP) is 4.93. The number of H-pyrrole nitrogens is 1. The Bertz CT molecular complexity index is 1480. The number of carbonyl (C=O) groups excluding carboxylic acids is 1. The number of ether oxygens (including phenoxy) is 1. The van der Waals surface area contributed by atoms with Crippen molar-refractivity contribution in [2.75, 3.05) is 26.6 Å². The molecule has 0 saturated carbocycles. The number of methoxy groups -OCH3 is 1. The standard InChI is InChI=1S/C24H20N4O2.C3H7NO/c1-15-7-12-18-21(27-28-24-25-19-5-3-4-6-20(19)26-24)14-22(30-23(18)13-15)16-8-10-17(29-2)11-9-16;1-4(2)3-5/h3-14H,1-2H3,(H2,25,26,28);3H,1-2H3/b27-21+;. The molecule has 3 aromatic carbocycles. The molecule has 0 radical (unpaired) electrons. The molecule has 2 N–H and O–H groups in total. The summed E-state index contributed by atoms with van der Waals surface area (Å²) in [7, 11) is 5.03. The van der Waals surface area contributed by atoms with E-state index in [1.807, 2.05) is 79.7 Å². The van der Waals surface area contributed by atoms with Crippen LogP contribution in [0.25, 0.3) is 33.3 Å². The maximum Gasteiger partial charge on any atom is 0.222 e. The van der Waals surface area contributed by atoms with Crippen molar-refractivity contribution >= 4 is 34.4 Å².